The fourth-order valence-corrected chi connectivity index (χ4v) is 3.68. The first-order chi connectivity index (χ1) is 14.8. The van der Waals surface area contributed by atoms with Gasteiger partial charge in [-0.2, -0.15) is 5.10 Å². The summed E-state index contributed by atoms with van der Waals surface area (Å²) in [7, 11) is 4.07. The SMILES string of the molecule is CC[NH+](CC(=O)Nc1c(C)nn(-c2ccc(C)cc2)c1C)Cc1ccc(N(C)C)cc1. The number of hydrogen-bond donors (Lipinski definition) is 2. The zero-order valence-corrected chi connectivity index (χ0v) is 19.5. The summed E-state index contributed by atoms with van der Waals surface area (Å²) in [4.78, 5) is 16.1. The summed E-state index contributed by atoms with van der Waals surface area (Å²) in [5.41, 5.74) is 7.17. The second kappa shape index (κ2) is 9.79. The van der Waals surface area contributed by atoms with Gasteiger partial charge in [-0.3, -0.25) is 4.79 Å². The number of nitrogens with one attached hydrogen (secondary N) is 2. The van der Waals surface area contributed by atoms with Gasteiger partial charge in [0.05, 0.1) is 29.3 Å². The molecule has 2 aromatic carbocycles. The van der Waals surface area contributed by atoms with Crippen LogP contribution in [0.1, 0.15) is 29.4 Å². The lowest BCUT2D eigenvalue weighted by Crippen LogP contribution is -3.11. The Labute approximate surface area is 185 Å². The molecule has 0 aliphatic heterocycles. The topological polar surface area (TPSA) is 54.6 Å². The van der Waals surface area contributed by atoms with Crippen molar-refractivity contribution < 1.29 is 9.69 Å². The van der Waals surface area contributed by atoms with Gasteiger partial charge >= 0.3 is 0 Å². The molecule has 3 aromatic rings. The highest BCUT2D eigenvalue weighted by Gasteiger charge is 2.18. The molecule has 0 saturated carbocycles. The lowest BCUT2D eigenvalue weighted by molar-refractivity contribution is -0.903. The quantitative estimate of drug-likeness (QED) is 0.589. The van der Waals surface area contributed by atoms with Gasteiger partial charge in [0.1, 0.15) is 6.54 Å². The Hall–Kier alpha value is -3.12. The molecule has 164 valence electrons. The number of aryl methyl sites for hydroxylation is 2. The number of likely N-dealkylation sites (N-methyl/N-ethyl adjacent to an activating group) is 1. The van der Waals surface area contributed by atoms with Crippen molar-refractivity contribution in [2.45, 2.75) is 34.2 Å². The minimum absolute atomic E-state index is 0.0106. The average molecular weight is 421 g/mol. The monoisotopic (exact) mass is 420 g/mol. The Morgan fingerprint density at radius 2 is 1.68 bits per heavy atom. The van der Waals surface area contributed by atoms with Crippen LogP contribution >= 0.6 is 0 Å². The third-order valence-electron chi connectivity index (χ3n) is 5.65. The molecule has 2 N–H and O–H groups in total. The molecule has 0 aliphatic carbocycles. The number of nitrogens with zero attached hydrogens (tertiary/aromatic N) is 3. The fraction of sp³-hybridized carbons (Fsp3) is 0.360. The molecule has 3 rings (SSSR count). The van der Waals surface area contributed by atoms with E-state index in [1.165, 1.54) is 21.7 Å². The normalized spacial score (nSPS) is 11.9. The van der Waals surface area contributed by atoms with E-state index in [0.717, 1.165) is 35.9 Å². The van der Waals surface area contributed by atoms with Gasteiger partial charge in [-0.1, -0.05) is 29.8 Å². The molecule has 6 heteroatoms. The van der Waals surface area contributed by atoms with Gasteiger partial charge in [-0.15, -0.1) is 0 Å². The summed E-state index contributed by atoms with van der Waals surface area (Å²) in [5.74, 6) is 0.0106. The standard InChI is InChI=1S/C25H33N5O/c1-7-29(16-21-10-14-22(15-11-21)28(5)6)17-24(31)26-25-19(3)27-30(20(25)4)23-12-8-18(2)9-13-23/h8-15H,7,16-17H2,1-6H3,(H,26,31)/p+1. The van der Waals surface area contributed by atoms with E-state index in [9.17, 15) is 4.79 Å². The van der Waals surface area contributed by atoms with Gasteiger partial charge in [-0.05, 0) is 52.0 Å². The molecule has 1 aromatic heterocycles. The van der Waals surface area contributed by atoms with Crippen LogP contribution in [0.15, 0.2) is 48.5 Å². The molecule has 1 amide bonds. The van der Waals surface area contributed by atoms with E-state index < -0.39 is 0 Å². The van der Waals surface area contributed by atoms with Crippen molar-refractivity contribution >= 4 is 17.3 Å². The highest BCUT2D eigenvalue weighted by atomic mass is 16.2. The average Bonchev–Trinajstić information content (AvgIpc) is 3.02. The lowest BCUT2D eigenvalue weighted by Gasteiger charge is -2.18. The number of quaternary nitrogens is 1. The smallest absolute Gasteiger partial charge is 0.279 e. The third kappa shape index (κ3) is 5.52. The van der Waals surface area contributed by atoms with Crippen molar-refractivity contribution in [2.24, 2.45) is 0 Å². The van der Waals surface area contributed by atoms with Crippen LogP contribution in [0.25, 0.3) is 5.69 Å². The number of aromatic nitrogens is 2. The van der Waals surface area contributed by atoms with E-state index in [1.807, 2.05) is 44.8 Å². The second-order valence-electron chi connectivity index (χ2n) is 8.36. The summed E-state index contributed by atoms with van der Waals surface area (Å²) < 4.78 is 1.89. The molecule has 1 unspecified atom stereocenters. The van der Waals surface area contributed by atoms with Gasteiger partial charge < -0.3 is 15.1 Å². The molecule has 0 saturated heterocycles. The largest absolute Gasteiger partial charge is 0.378 e. The first-order valence-corrected chi connectivity index (χ1v) is 10.8. The summed E-state index contributed by atoms with van der Waals surface area (Å²) in [6.07, 6.45) is 0. The zero-order valence-electron chi connectivity index (χ0n) is 19.5. The maximum Gasteiger partial charge on any atom is 0.279 e. The maximum atomic E-state index is 12.8. The highest BCUT2D eigenvalue weighted by molar-refractivity contribution is 5.92. The van der Waals surface area contributed by atoms with Crippen molar-refractivity contribution in [2.75, 3.05) is 37.4 Å². The third-order valence-corrected chi connectivity index (χ3v) is 5.65. The Kier molecular flexibility index (Phi) is 7.13. The van der Waals surface area contributed by atoms with Gasteiger partial charge in [0, 0.05) is 25.3 Å². The first kappa shape index (κ1) is 22.6. The van der Waals surface area contributed by atoms with E-state index >= 15 is 0 Å². The summed E-state index contributed by atoms with van der Waals surface area (Å²) in [5, 5.41) is 7.75. The van der Waals surface area contributed by atoms with Crippen molar-refractivity contribution in [3.63, 3.8) is 0 Å². The van der Waals surface area contributed by atoms with Crippen molar-refractivity contribution in [3.8, 4) is 5.69 Å². The molecule has 0 spiro atoms. The minimum atomic E-state index is 0.0106. The van der Waals surface area contributed by atoms with E-state index in [0.29, 0.717) is 6.54 Å². The predicted molar refractivity (Wildman–Crippen MR) is 127 cm³/mol. The highest BCUT2D eigenvalue weighted by Crippen LogP contribution is 2.22. The summed E-state index contributed by atoms with van der Waals surface area (Å²) in [6, 6.07) is 16.8. The molecular formula is C25H34N5O+. The van der Waals surface area contributed by atoms with Gasteiger partial charge in [0.25, 0.3) is 5.91 Å². The summed E-state index contributed by atoms with van der Waals surface area (Å²) in [6.45, 7) is 10.2. The molecule has 0 radical (unpaired) electrons. The molecule has 31 heavy (non-hydrogen) atoms. The van der Waals surface area contributed by atoms with E-state index in [1.54, 1.807) is 0 Å². The van der Waals surface area contributed by atoms with Crippen molar-refractivity contribution in [1.82, 2.24) is 9.78 Å². The Morgan fingerprint density at radius 3 is 2.26 bits per heavy atom. The van der Waals surface area contributed by atoms with Crippen LogP contribution in [0.3, 0.4) is 0 Å². The zero-order chi connectivity index (χ0) is 22.5. The number of anilines is 2. The van der Waals surface area contributed by atoms with Crippen LogP contribution in [0.5, 0.6) is 0 Å². The van der Waals surface area contributed by atoms with Crippen molar-refractivity contribution in [3.05, 3.63) is 71.0 Å². The number of hydrogen-bond acceptors (Lipinski definition) is 3. The van der Waals surface area contributed by atoms with Gasteiger partial charge in [0.15, 0.2) is 6.54 Å². The minimum Gasteiger partial charge on any atom is -0.378 e. The molecule has 1 atom stereocenters. The van der Waals surface area contributed by atoms with Crippen LogP contribution in [0.4, 0.5) is 11.4 Å². The molecule has 0 fully saturated rings. The molecular weight excluding hydrogens is 386 g/mol. The first-order valence-electron chi connectivity index (χ1n) is 10.8. The predicted octanol–water partition coefficient (Wildman–Crippen LogP) is 2.91. The number of rotatable bonds is 8. The van der Waals surface area contributed by atoms with Crippen LogP contribution in [-0.4, -0.2) is 42.9 Å². The maximum absolute atomic E-state index is 12.8. The lowest BCUT2D eigenvalue weighted by atomic mass is 10.2. The molecule has 6 nitrogen and oxygen atoms in total. The van der Waals surface area contributed by atoms with Crippen LogP contribution in [0, 0.1) is 20.8 Å². The fourth-order valence-electron chi connectivity index (χ4n) is 3.68. The molecule has 0 aliphatic rings. The number of amides is 1. The molecule has 0 bridgehead atoms. The Balaban J connectivity index is 1.67. The van der Waals surface area contributed by atoms with Crippen LogP contribution in [0.2, 0.25) is 0 Å². The van der Waals surface area contributed by atoms with Crippen LogP contribution in [-0.2, 0) is 11.3 Å². The second-order valence-corrected chi connectivity index (χ2v) is 8.36. The number of benzene rings is 2. The van der Waals surface area contributed by atoms with Crippen LogP contribution < -0.4 is 15.1 Å². The summed E-state index contributed by atoms with van der Waals surface area (Å²) >= 11 is 0. The molecule has 1 heterocycles. The van der Waals surface area contributed by atoms with E-state index in [-0.39, 0.29) is 5.91 Å². The van der Waals surface area contributed by atoms with Crippen molar-refractivity contribution in [1.29, 1.82) is 0 Å². The Morgan fingerprint density at radius 1 is 1.03 bits per heavy atom. The Bertz CT molecular complexity index is 1020. The number of carbonyl (C=O) groups is 1. The number of carbonyl (C=O) groups excluding carboxylic acids is 1. The van der Waals surface area contributed by atoms with E-state index in [4.69, 9.17) is 0 Å². The van der Waals surface area contributed by atoms with Gasteiger partial charge in [0.2, 0.25) is 0 Å². The van der Waals surface area contributed by atoms with Gasteiger partial charge in [-0.25, -0.2) is 4.68 Å². The van der Waals surface area contributed by atoms with E-state index in [2.05, 4.69) is 65.6 Å².